The van der Waals surface area contributed by atoms with Crippen molar-refractivity contribution in [1.82, 2.24) is 19.9 Å². The predicted molar refractivity (Wildman–Crippen MR) is 69.6 cm³/mol. The fourth-order valence-corrected chi connectivity index (χ4v) is 2.02. The number of aryl methyl sites for hydroxylation is 1. The van der Waals surface area contributed by atoms with Gasteiger partial charge in [0.05, 0.1) is 24.4 Å². The third-order valence-electron chi connectivity index (χ3n) is 2.16. The second-order valence-electron chi connectivity index (χ2n) is 3.45. The molecule has 0 aliphatic carbocycles. The summed E-state index contributed by atoms with van der Waals surface area (Å²) in [5, 5.41) is 3.08. The van der Waals surface area contributed by atoms with E-state index in [-0.39, 0.29) is 12.0 Å². The number of ether oxygens (including phenoxy) is 1. The molecule has 18 heavy (non-hydrogen) atoms. The molecule has 96 valence electrons. The molecule has 2 aromatic rings. The zero-order valence-electron chi connectivity index (χ0n) is 10.2. The van der Waals surface area contributed by atoms with E-state index >= 15 is 0 Å². The monoisotopic (exact) mass is 266 g/mol. The van der Waals surface area contributed by atoms with Gasteiger partial charge >= 0.3 is 6.01 Å². The summed E-state index contributed by atoms with van der Waals surface area (Å²) >= 11 is 1.58. The maximum atomic E-state index is 5.58. The topological polar surface area (TPSA) is 98.8 Å². The van der Waals surface area contributed by atoms with Gasteiger partial charge in [0.15, 0.2) is 0 Å². The number of nitrogens with one attached hydrogen (secondary N) is 1. The van der Waals surface area contributed by atoms with Gasteiger partial charge in [0.1, 0.15) is 0 Å². The van der Waals surface area contributed by atoms with Crippen LogP contribution >= 0.6 is 11.3 Å². The van der Waals surface area contributed by atoms with Gasteiger partial charge in [-0.2, -0.15) is 15.0 Å². The molecule has 0 saturated heterocycles. The molecule has 0 aromatic carbocycles. The van der Waals surface area contributed by atoms with E-state index < -0.39 is 0 Å². The Morgan fingerprint density at radius 3 is 2.89 bits per heavy atom. The van der Waals surface area contributed by atoms with Crippen molar-refractivity contribution < 1.29 is 4.74 Å². The molecule has 2 aromatic heterocycles. The van der Waals surface area contributed by atoms with Gasteiger partial charge < -0.3 is 15.8 Å². The molecule has 0 unspecified atom stereocenters. The van der Waals surface area contributed by atoms with Crippen LogP contribution in [0.5, 0.6) is 6.01 Å². The Kier molecular flexibility index (Phi) is 3.88. The highest BCUT2D eigenvalue weighted by molar-refractivity contribution is 7.09. The summed E-state index contributed by atoms with van der Waals surface area (Å²) in [6.45, 7) is 4.90. The minimum absolute atomic E-state index is 0.136. The molecule has 0 spiro atoms. The molecule has 0 fully saturated rings. The predicted octanol–water partition coefficient (Wildman–Crippen LogP) is 1.23. The summed E-state index contributed by atoms with van der Waals surface area (Å²) in [6, 6.07) is 0.230. The van der Waals surface area contributed by atoms with Gasteiger partial charge in [0.2, 0.25) is 11.9 Å². The summed E-state index contributed by atoms with van der Waals surface area (Å²) in [7, 11) is 0. The minimum atomic E-state index is 0.136. The first-order valence-electron chi connectivity index (χ1n) is 5.46. The van der Waals surface area contributed by atoms with Gasteiger partial charge in [-0.1, -0.05) is 0 Å². The Balaban J connectivity index is 2.07. The highest BCUT2D eigenvalue weighted by Gasteiger charge is 2.06. The molecule has 0 saturated carbocycles. The van der Waals surface area contributed by atoms with Crippen LogP contribution in [0.2, 0.25) is 0 Å². The molecule has 0 radical (unpaired) electrons. The van der Waals surface area contributed by atoms with Crippen molar-refractivity contribution in [3.8, 4) is 6.01 Å². The third kappa shape index (κ3) is 3.04. The summed E-state index contributed by atoms with van der Waals surface area (Å²) in [5.74, 6) is 0.538. The molecule has 0 aliphatic heterocycles. The third-order valence-corrected chi connectivity index (χ3v) is 3.09. The molecule has 0 atom stereocenters. The Labute approximate surface area is 108 Å². The van der Waals surface area contributed by atoms with Gasteiger partial charge in [-0.15, -0.1) is 11.3 Å². The number of hydrogen-bond donors (Lipinski definition) is 2. The van der Waals surface area contributed by atoms with Crippen LogP contribution in [0.3, 0.4) is 0 Å². The van der Waals surface area contributed by atoms with Crippen LogP contribution in [0.4, 0.5) is 11.9 Å². The lowest BCUT2D eigenvalue weighted by Gasteiger charge is -2.06. The second-order valence-corrected chi connectivity index (χ2v) is 4.39. The van der Waals surface area contributed by atoms with E-state index in [2.05, 4.69) is 25.3 Å². The molecule has 8 heteroatoms. The first-order valence-corrected chi connectivity index (χ1v) is 6.34. The molecule has 0 amide bonds. The Morgan fingerprint density at radius 1 is 1.39 bits per heavy atom. The van der Waals surface area contributed by atoms with Crippen LogP contribution in [0.1, 0.15) is 17.5 Å². The van der Waals surface area contributed by atoms with E-state index in [9.17, 15) is 0 Å². The second kappa shape index (κ2) is 5.58. The number of nitrogens with two attached hydrogens (primary N) is 1. The lowest BCUT2D eigenvalue weighted by Crippen LogP contribution is -2.09. The standard InChI is InChI=1S/C10H14N6OS/c1-3-17-10-15-8(11)14-9(16-10)12-4-7-6(2)13-5-18-7/h5H,3-4H2,1-2H3,(H3,11,12,14,15,16). The number of thiazole rings is 1. The van der Waals surface area contributed by atoms with Crippen molar-refractivity contribution in [3.05, 3.63) is 16.1 Å². The zero-order valence-corrected chi connectivity index (χ0v) is 11.0. The molecule has 3 N–H and O–H groups in total. The number of nitrogens with zero attached hydrogens (tertiary/aromatic N) is 4. The quantitative estimate of drug-likeness (QED) is 0.839. The van der Waals surface area contributed by atoms with Gasteiger partial charge in [0.25, 0.3) is 0 Å². The van der Waals surface area contributed by atoms with Gasteiger partial charge in [-0.3, -0.25) is 0 Å². The first-order chi connectivity index (χ1) is 8.69. The van der Waals surface area contributed by atoms with Crippen LogP contribution in [0.25, 0.3) is 0 Å². The van der Waals surface area contributed by atoms with Crippen molar-refractivity contribution in [3.63, 3.8) is 0 Å². The van der Waals surface area contributed by atoms with Crippen LogP contribution in [-0.2, 0) is 6.54 Å². The Bertz CT molecular complexity index is 529. The van der Waals surface area contributed by atoms with Crippen LogP contribution in [-0.4, -0.2) is 26.5 Å². The van der Waals surface area contributed by atoms with Crippen LogP contribution in [0, 0.1) is 6.92 Å². The number of rotatable bonds is 5. The average Bonchev–Trinajstić information content (AvgIpc) is 2.72. The summed E-state index contributed by atoms with van der Waals surface area (Å²) in [4.78, 5) is 17.3. The molecule has 7 nitrogen and oxygen atoms in total. The number of hydrogen-bond acceptors (Lipinski definition) is 8. The molecule has 2 heterocycles. The smallest absolute Gasteiger partial charge is 0.323 e. The summed E-state index contributed by atoms with van der Waals surface area (Å²) in [5.41, 5.74) is 8.38. The first kappa shape index (κ1) is 12.5. The lowest BCUT2D eigenvalue weighted by molar-refractivity contribution is 0.312. The van der Waals surface area contributed by atoms with Gasteiger partial charge in [-0.25, -0.2) is 4.98 Å². The van der Waals surface area contributed by atoms with Crippen molar-refractivity contribution in [2.75, 3.05) is 17.7 Å². The normalized spacial score (nSPS) is 10.3. The minimum Gasteiger partial charge on any atom is -0.464 e. The SMILES string of the molecule is CCOc1nc(N)nc(NCc2scnc2C)n1. The maximum Gasteiger partial charge on any atom is 0.323 e. The van der Waals surface area contributed by atoms with Crippen molar-refractivity contribution >= 4 is 23.2 Å². The van der Waals surface area contributed by atoms with Crippen molar-refractivity contribution in [2.45, 2.75) is 20.4 Å². The molecule has 2 rings (SSSR count). The van der Waals surface area contributed by atoms with Gasteiger partial charge in [-0.05, 0) is 13.8 Å². The van der Waals surface area contributed by atoms with E-state index in [0.29, 0.717) is 19.1 Å². The zero-order chi connectivity index (χ0) is 13.0. The molecule has 0 aliphatic rings. The average molecular weight is 266 g/mol. The maximum absolute atomic E-state index is 5.58. The fraction of sp³-hybridized carbons (Fsp3) is 0.400. The molecular formula is C10H14N6OS. The van der Waals surface area contributed by atoms with E-state index in [0.717, 1.165) is 10.6 Å². The molecule has 0 bridgehead atoms. The van der Waals surface area contributed by atoms with E-state index in [1.54, 1.807) is 16.8 Å². The Morgan fingerprint density at radius 2 is 2.22 bits per heavy atom. The molecular weight excluding hydrogens is 252 g/mol. The lowest BCUT2D eigenvalue weighted by atomic mass is 10.4. The van der Waals surface area contributed by atoms with Gasteiger partial charge in [0, 0.05) is 4.88 Å². The van der Waals surface area contributed by atoms with E-state index in [4.69, 9.17) is 10.5 Å². The van der Waals surface area contributed by atoms with Crippen LogP contribution in [0.15, 0.2) is 5.51 Å². The largest absolute Gasteiger partial charge is 0.464 e. The Hall–Kier alpha value is -1.96. The number of anilines is 2. The number of aromatic nitrogens is 4. The highest BCUT2D eigenvalue weighted by Crippen LogP contribution is 2.14. The number of nitrogen functional groups attached to an aromatic ring is 1. The summed E-state index contributed by atoms with van der Waals surface area (Å²) < 4.78 is 5.20. The van der Waals surface area contributed by atoms with Crippen molar-refractivity contribution in [1.29, 1.82) is 0 Å². The van der Waals surface area contributed by atoms with E-state index in [1.807, 2.05) is 13.8 Å². The van der Waals surface area contributed by atoms with Crippen LogP contribution < -0.4 is 15.8 Å². The van der Waals surface area contributed by atoms with Crippen molar-refractivity contribution in [2.24, 2.45) is 0 Å². The fourth-order valence-electron chi connectivity index (χ4n) is 1.30. The highest BCUT2D eigenvalue weighted by atomic mass is 32.1. The van der Waals surface area contributed by atoms with E-state index in [1.165, 1.54) is 0 Å². The summed E-state index contributed by atoms with van der Waals surface area (Å²) in [6.07, 6.45) is 0.